The third-order valence-corrected chi connectivity index (χ3v) is 3.73. The van der Waals surface area contributed by atoms with E-state index in [0.717, 1.165) is 36.2 Å². The molecule has 1 atom stereocenters. The number of para-hydroxylation sites is 1. The normalized spacial score (nSPS) is 18.6. The van der Waals surface area contributed by atoms with E-state index < -0.39 is 0 Å². The predicted octanol–water partition coefficient (Wildman–Crippen LogP) is 1.40. The van der Waals surface area contributed by atoms with Gasteiger partial charge in [0.15, 0.2) is 11.5 Å². The number of nitrogens with one attached hydrogen (secondary N) is 2. The fourth-order valence-electron chi connectivity index (χ4n) is 2.55. The Hall–Kier alpha value is -1.88. The van der Waals surface area contributed by atoms with Gasteiger partial charge < -0.3 is 15.1 Å². The van der Waals surface area contributed by atoms with E-state index in [1.807, 2.05) is 25.1 Å². The third-order valence-electron chi connectivity index (χ3n) is 3.73. The Morgan fingerprint density at radius 1 is 1.55 bits per heavy atom. The highest BCUT2D eigenvalue weighted by Gasteiger charge is 2.21. The van der Waals surface area contributed by atoms with Crippen molar-refractivity contribution in [2.24, 2.45) is 5.92 Å². The van der Waals surface area contributed by atoms with Crippen LogP contribution in [-0.4, -0.2) is 30.5 Å². The van der Waals surface area contributed by atoms with Gasteiger partial charge in [-0.3, -0.25) is 4.79 Å². The highest BCUT2D eigenvalue weighted by molar-refractivity contribution is 5.79. The summed E-state index contributed by atoms with van der Waals surface area (Å²) in [4.78, 5) is 16.3. The van der Waals surface area contributed by atoms with Crippen LogP contribution in [0.5, 0.6) is 0 Å². The number of rotatable bonds is 4. The van der Waals surface area contributed by atoms with E-state index in [0.29, 0.717) is 18.9 Å². The molecule has 1 aliphatic rings. The number of aromatic nitrogens is 1. The topological polar surface area (TPSA) is 67.2 Å². The quantitative estimate of drug-likeness (QED) is 0.883. The van der Waals surface area contributed by atoms with Crippen LogP contribution >= 0.6 is 0 Å². The molecule has 2 aromatic rings. The van der Waals surface area contributed by atoms with Crippen molar-refractivity contribution in [1.82, 2.24) is 15.6 Å². The maximum atomic E-state index is 11.9. The van der Waals surface area contributed by atoms with Crippen molar-refractivity contribution in [3.05, 3.63) is 29.7 Å². The Kier molecular flexibility index (Phi) is 3.69. The summed E-state index contributed by atoms with van der Waals surface area (Å²) in [6, 6.07) is 5.90. The standard InChI is InChI=1S/C15H19N3O2/c1-10-3-2-4-12-14(10)18-13(20-12)6-8-17-15(19)11-5-7-16-9-11/h2-4,11,16H,5-9H2,1H3,(H,17,19)/t11-/m1/s1. The molecular weight excluding hydrogens is 254 g/mol. The van der Waals surface area contributed by atoms with E-state index in [2.05, 4.69) is 15.6 Å². The summed E-state index contributed by atoms with van der Waals surface area (Å²) >= 11 is 0. The monoisotopic (exact) mass is 273 g/mol. The van der Waals surface area contributed by atoms with Crippen molar-refractivity contribution >= 4 is 17.0 Å². The second kappa shape index (κ2) is 5.63. The molecule has 0 radical (unpaired) electrons. The lowest BCUT2D eigenvalue weighted by Crippen LogP contribution is -2.33. The van der Waals surface area contributed by atoms with Gasteiger partial charge in [-0.15, -0.1) is 0 Å². The van der Waals surface area contributed by atoms with E-state index in [1.165, 1.54) is 0 Å². The lowest BCUT2D eigenvalue weighted by molar-refractivity contribution is -0.124. The first-order valence-corrected chi connectivity index (χ1v) is 7.07. The van der Waals surface area contributed by atoms with Crippen LogP contribution in [-0.2, 0) is 11.2 Å². The minimum atomic E-state index is 0.112. The van der Waals surface area contributed by atoms with Gasteiger partial charge in [-0.2, -0.15) is 0 Å². The van der Waals surface area contributed by atoms with Gasteiger partial charge in [-0.05, 0) is 31.5 Å². The zero-order valence-corrected chi connectivity index (χ0v) is 11.6. The first-order chi connectivity index (χ1) is 9.74. The number of oxazole rings is 1. The van der Waals surface area contributed by atoms with Crippen LogP contribution in [0.25, 0.3) is 11.1 Å². The average molecular weight is 273 g/mol. The van der Waals surface area contributed by atoms with Crippen molar-refractivity contribution in [3.63, 3.8) is 0 Å². The zero-order chi connectivity index (χ0) is 13.9. The number of nitrogens with zero attached hydrogens (tertiary/aromatic N) is 1. The molecule has 1 saturated heterocycles. The SMILES string of the molecule is Cc1cccc2oc(CCNC(=O)[C@@H]3CCNC3)nc12. The van der Waals surface area contributed by atoms with E-state index in [9.17, 15) is 4.79 Å². The molecule has 2 N–H and O–H groups in total. The molecule has 1 aromatic carbocycles. The van der Waals surface area contributed by atoms with Gasteiger partial charge in [0.1, 0.15) is 5.52 Å². The average Bonchev–Trinajstić information content (AvgIpc) is 3.07. The van der Waals surface area contributed by atoms with Gasteiger partial charge in [0.25, 0.3) is 0 Å². The van der Waals surface area contributed by atoms with E-state index >= 15 is 0 Å². The molecule has 106 valence electrons. The second-order valence-corrected chi connectivity index (χ2v) is 5.26. The molecule has 1 fully saturated rings. The minimum Gasteiger partial charge on any atom is -0.441 e. The lowest BCUT2D eigenvalue weighted by Gasteiger charge is -2.08. The Balaban J connectivity index is 1.57. The summed E-state index contributed by atoms with van der Waals surface area (Å²) < 4.78 is 5.68. The van der Waals surface area contributed by atoms with Crippen LogP contribution < -0.4 is 10.6 Å². The maximum Gasteiger partial charge on any atom is 0.224 e. The molecule has 5 nitrogen and oxygen atoms in total. The number of hydrogen-bond donors (Lipinski definition) is 2. The van der Waals surface area contributed by atoms with Crippen molar-refractivity contribution in [3.8, 4) is 0 Å². The van der Waals surface area contributed by atoms with E-state index in [1.54, 1.807) is 0 Å². The van der Waals surface area contributed by atoms with Crippen LogP contribution in [0.3, 0.4) is 0 Å². The molecule has 1 aliphatic heterocycles. The summed E-state index contributed by atoms with van der Waals surface area (Å²) in [5, 5.41) is 6.15. The van der Waals surface area contributed by atoms with E-state index in [-0.39, 0.29) is 11.8 Å². The Morgan fingerprint density at radius 3 is 3.20 bits per heavy atom. The molecule has 0 spiro atoms. The molecule has 0 unspecified atom stereocenters. The molecule has 5 heteroatoms. The molecule has 0 bridgehead atoms. The number of hydrogen-bond acceptors (Lipinski definition) is 4. The molecule has 20 heavy (non-hydrogen) atoms. The highest BCUT2D eigenvalue weighted by Crippen LogP contribution is 2.18. The number of carbonyl (C=O) groups excluding carboxylic acids is 1. The number of amides is 1. The number of aryl methyl sites for hydroxylation is 1. The van der Waals surface area contributed by atoms with Gasteiger partial charge in [0, 0.05) is 19.5 Å². The van der Waals surface area contributed by atoms with Crippen LogP contribution in [0.1, 0.15) is 17.9 Å². The summed E-state index contributed by atoms with van der Waals surface area (Å²) in [6.45, 7) is 4.31. The zero-order valence-electron chi connectivity index (χ0n) is 11.6. The van der Waals surface area contributed by atoms with Gasteiger partial charge >= 0.3 is 0 Å². The van der Waals surface area contributed by atoms with Gasteiger partial charge in [-0.1, -0.05) is 12.1 Å². The third kappa shape index (κ3) is 2.67. The van der Waals surface area contributed by atoms with Crippen LogP contribution in [0, 0.1) is 12.8 Å². The molecule has 0 aliphatic carbocycles. The van der Waals surface area contributed by atoms with Gasteiger partial charge in [0.2, 0.25) is 5.91 Å². The van der Waals surface area contributed by atoms with Gasteiger partial charge in [0.05, 0.1) is 5.92 Å². The molecule has 3 rings (SSSR count). The lowest BCUT2D eigenvalue weighted by atomic mass is 10.1. The Bertz CT molecular complexity index is 615. The molecule has 2 heterocycles. The van der Waals surface area contributed by atoms with Crippen LogP contribution in [0.2, 0.25) is 0 Å². The van der Waals surface area contributed by atoms with E-state index in [4.69, 9.17) is 4.42 Å². The van der Waals surface area contributed by atoms with Crippen LogP contribution in [0.4, 0.5) is 0 Å². The number of benzene rings is 1. The first-order valence-electron chi connectivity index (χ1n) is 7.07. The largest absolute Gasteiger partial charge is 0.441 e. The molecule has 0 saturated carbocycles. The molecular formula is C15H19N3O2. The smallest absolute Gasteiger partial charge is 0.224 e. The summed E-state index contributed by atoms with van der Waals surface area (Å²) in [7, 11) is 0. The fraction of sp³-hybridized carbons (Fsp3) is 0.467. The Morgan fingerprint density at radius 2 is 2.45 bits per heavy atom. The number of fused-ring (bicyclic) bond motifs is 1. The maximum absolute atomic E-state index is 11.9. The van der Waals surface area contributed by atoms with Crippen LogP contribution in [0.15, 0.2) is 22.6 Å². The minimum absolute atomic E-state index is 0.112. The molecule has 1 aromatic heterocycles. The highest BCUT2D eigenvalue weighted by atomic mass is 16.3. The molecule has 1 amide bonds. The summed E-state index contributed by atoms with van der Waals surface area (Å²) in [5.41, 5.74) is 2.83. The summed E-state index contributed by atoms with van der Waals surface area (Å²) in [5.74, 6) is 0.919. The van der Waals surface area contributed by atoms with Gasteiger partial charge in [-0.25, -0.2) is 4.98 Å². The fourth-order valence-corrected chi connectivity index (χ4v) is 2.55. The predicted molar refractivity (Wildman–Crippen MR) is 76.4 cm³/mol. The van der Waals surface area contributed by atoms with Crippen molar-refractivity contribution in [2.45, 2.75) is 19.8 Å². The number of carbonyl (C=O) groups is 1. The summed E-state index contributed by atoms with van der Waals surface area (Å²) in [6.07, 6.45) is 1.55. The van der Waals surface area contributed by atoms with Crippen molar-refractivity contribution in [1.29, 1.82) is 0 Å². The first kappa shape index (κ1) is 13.1. The Labute approximate surface area is 117 Å². The second-order valence-electron chi connectivity index (χ2n) is 5.26. The van der Waals surface area contributed by atoms with Crippen molar-refractivity contribution < 1.29 is 9.21 Å². The van der Waals surface area contributed by atoms with Crippen molar-refractivity contribution in [2.75, 3.05) is 19.6 Å².